The number of hydrogen-bond donors (Lipinski definition) is 1. The first-order chi connectivity index (χ1) is 10.2. The first-order valence-corrected chi connectivity index (χ1v) is 7.05. The molecule has 3 rings (SSSR count). The Hall–Kier alpha value is -2.33. The molecule has 0 aliphatic rings. The van der Waals surface area contributed by atoms with E-state index in [9.17, 15) is 4.79 Å². The number of halogens is 1. The highest BCUT2D eigenvalue weighted by atomic mass is 35.5. The SMILES string of the molecule is O=C(NCCn1cnc2ccccc21)c1ccc(Cl)cc1. The minimum absolute atomic E-state index is 0.101. The molecular weight excluding hydrogens is 286 g/mol. The number of amides is 1. The van der Waals surface area contributed by atoms with Crippen molar-refractivity contribution in [1.82, 2.24) is 14.9 Å². The minimum atomic E-state index is -0.101. The van der Waals surface area contributed by atoms with Gasteiger partial charge in [-0.25, -0.2) is 4.98 Å². The van der Waals surface area contributed by atoms with Crippen LogP contribution in [0.3, 0.4) is 0 Å². The van der Waals surface area contributed by atoms with Gasteiger partial charge in [0.15, 0.2) is 0 Å². The van der Waals surface area contributed by atoms with Crippen LogP contribution in [-0.4, -0.2) is 22.0 Å². The summed E-state index contributed by atoms with van der Waals surface area (Å²) in [5.41, 5.74) is 2.63. The monoisotopic (exact) mass is 299 g/mol. The molecule has 1 aromatic heterocycles. The number of carbonyl (C=O) groups excluding carboxylic acids is 1. The fraction of sp³-hybridized carbons (Fsp3) is 0.125. The molecule has 1 heterocycles. The molecule has 1 N–H and O–H groups in total. The van der Waals surface area contributed by atoms with E-state index in [2.05, 4.69) is 10.3 Å². The second kappa shape index (κ2) is 5.97. The van der Waals surface area contributed by atoms with E-state index in [4.69, 9.17) is 11.6 Å². The molecule has 5 heteroatoms. The molecular formula is C16H14ClN3O. The van der Waals surface area contributed by atoms with Crippen LogP contribution in [0.2, 0.25) is 5.02 Å². The third-order valence-corrected chi connectivity index (χ3v) is 3.52. The minimum Gasteiger partial charge on any atom is -0.350 e. The van der Waals surface area contributed by atoms with E-state index in [1.54, 1.807) is 30.6 Å². The van der Waals surface area contributed by atoms with Gasteiger partial charge in [0, 0.05) is 23.7 Å². The Morgan fingerprint density at radius 1 is 1.14 bits per heavy atom. The molecule has 4 nitrogen and oxygen atoms in total. The summed E-state index contributed by atoms with van der Waals surface area (Å²) in [5.74, 6) is -0.101. The normalized spacial score (nSPS) is 10.7. The lowest BCUT2D eigenvalue weighted by Crippen LogP contribution is -2.27. The van der Waals surface area contributed by atoms with Gasteiger partial charge in [0.1, 0.15) is 0 Å². The maximum atomic E-state index is 12.0. The summed E-state index contributed by atoms with van der Waals surface area (Å²) in [7, 11) is 0. The smallest absolute Gasteiger partial charge is 0.251 e. The summed E-state index contributed by atoms with van der Waals surface area (Å²) >= 11 is 5.80. The van der Waals surface area contributed by atoms with Crippen LogP contribution in [0.25, 0.3) is 11.0 Å². The Morgan fingerprint density at radius 3 is 2.71 bits per heavy atom. The van der Waals surface area contributed by atoms with Crippen molar-refractivity contribution in [2.24, 2.45) is 0 Å². The van der Waals surface area contributed by atoms with E-state index in [-0.39, 0.29) is 5.91 Å². The average molecular weight is 300 g/mol. The fourth-order valence-corrected chi connectivity index (χ4v) is 2.31. The van der Waals surface area contributed by atoms with Crippen molar-refractivity contribution in [3.63, 3.8) is 0 Å². The summed E-state index contributed by atoms with van der Waals surface area (Å²) in [6, 6.07) is 14.8. The van der Waals surface area contributed by atoms with Crippen molar-refractivity contribution >= 4 is 28.5 Å². The van der Waals surface area contributed by atoms with Gasteiger partial charge in [0.2, 0.25) is 0 Å². The lowest BCUT2D eigenvalue weighted by molar-refractivity contribution is 0.0952. The number of nitrogens with one attached hydrogen (secondary N) is 1. The quantitative estimate of drug-likeness (QED) is 0.804. The first kappa shape index (κ1) is 13.6. The molecule has 0 aliphatic carbocycles. The summed E-state index contributed by atoms with van der Waals surface area (Å²) < 4.78 is 2.03. The maximum absolute atomic E-state index is 12.0. The van der Waals surface area contributed by atoms with Crippen LogP contribution in [0.15, 0.2) is 54.9 Å². The molecule has 0 fully saturated rings. The maximum Gasteiger partial charge on any atom is 0.251 e. The standard InChI is InChI=1S/C16H14ClN3O/c17-13-7-5-12(6-8-13)16(21)18-9-10-20-11-19-14-3-1-2-4-15(14)20/h1-8,11H,9-10H2,(H,18,21). The van der Waals surface area contributed by atoms with Gasteiger partial charge in [-0.15, -0.1) is 0 Å². The average Bonchev–Trinajstić information content (AvgIpc) is 2.91. The van der Waals surface area contributed by atoms with Crippen LogP contribution < -0.4 is 5.32 Å². The second-order valence-electron chi connectivity index (χ2n) is 4.69. The van der Waals surface area contributed by atoms with Gasteiger partial charge in [-0.2, -0.15) is 0 Å². The van der Waals surface area contributed by atoms with Crippen molar-refractivity contribution in [3.8, 4) is 0 Å². The molecule has 3 aromatic rings. The summed E-state index contributed by atoms with van der Waals surface area (Å²) in [6.07, 6.45) is 1.79. The van der Waals surface area contributed by atoms with Crippen molar-refractivity contribution in [2.45, 2.75) is 6.54 Å². The Morgan fingerprint density at radius 2 is 1.90 bits per heavy atom. The number of fused-ring (bicyclic) bond motifs is 1. The first-order valence-electron chi connectivity index (χ1n) is 6.68. The van der Waals surface area contributed by atoms with Crippen LogP contribution in [0, 0.1) is 0 Å². The Labute approximate surface area is 127 Å². The zero-order valence-corrected chi connectivity index (χ0v) is 12.0. The van der Waals surface area contributed by atoms with Crippen LogP contribution >= 0.6 is 11.6 Å². The zero-order chi connectivity index (χ0) is 14.7. The van der Waals surface area contributed by atoms with Crippen LogP contribution in [0.1, 0.15) is 10.4 Å². The molecule has 0 unspecified atom stereocenters. The van der Waals surface area contributed by atoms with Crippen LogP contribution in [0.4, 0.5) is 0 Å². The van der Waals surface area contributed by atoms with E-state index >= 15 is 0 Å². The molecule has 0 saturated carbocycles. The van der Waals surface area contributed by atoms with Crippen molar-refractivity contribution < 1.29 is 4.79 Å². The predicted molar refractivity (Wildman–Crippen MR) is 83.5 cm³/mol. The molecule has 0 bridgehead atoms. The number of carbonyl (C=O) groups is 1. The number of para-hydroxylation sites is 2. The van der Waals surface area contributed by atoms with Gasteiger partial charge >= 0.3 is 0 Å². The molecule has 106 valence electrons. The highest BCUT2D eigenvalue weighted by molar-refractivity contribution is 6.30. The third kappa shape index (κ3) is 3.06. The molecule has 0 atom stereocenters. The number of benzene rings is 2. The fourth-order valence-electron chi connectivity index (χ4n) is 2.18. The zero-order valence-electron chi connectivity index (χ0n) is 11.3. The second-order valence-corrected chi connectivity index (χ2v) is 5.13. The summed E-state index contributed by atoms with van der Waals surface area (Å²) in [4.78, 5) is 16.3. The van der Waals surface area contributed by atoms with E-state index in [0.717, 1.165) is 11.0 Å². The van der Waals surface area contributed by atoms with Gasteiger partial charge in [0.05, 0.1) is 17.4 Å². The lowest BCUT2D eigenvalue weighted by Gasteiger charge is -2.07. The number of aromatic nitrogens is 2. The molecule has 0 radical (unpaired) electrons. The topological polar surface area (TPSA) is 46.9 Å². The highest BCUT2D eigenvalue weighted by Crippen LogP contribution is 2.11. The molecule has 1 amide bonds. The number of imidazole rings is 1. The van der Waals surface area contributed by atoms with Crippen molar-refractivity contribution in [1.29, 1.82) is 0 Å². The van der Waals surface area contributed by atoms with E-state index in [0.29, 0.717) is 23.7 Å². The van der Waals surface area contributed by atoms with Crippen LogP contribution in [-0.2, 0) is 6.54 Å². The molecule has 2 aromatic carbocycles. The third-order valence-electron chi connectivity index (χ3n) is 3.27. The van der Waals surface area contributed by atoms with Gasteiger partial charge in [-0.3, -0.25) is 4.79 Å². The Kier molecular flexibility index (Phi) is 3.88. The van der Waals surface area contributed by atoms with Crippen LogP contribution in [0.5, 0.6) is 0 Å². The molecule has 0 spiro atoms. The molecule has 0 saturated heterocycles. The number of hydrogen-bond acceptors (Lipinski definition) is 2. The molecule has 0 aliphatic heterocycles. The van der Waals surface area contributed by atoms with E-state index in [1.165, 1.54) is 0 Å². The Bertz CT molecular complexity index is 765. The van der Waals surface area contributed by atoms with Gasteiger partial charge in [-0.1, -0.05) is 23.7 Å². The van der Waals surface area contributed by atoms with E-state index in [1.807, 2.05) is 28.8 Å². The van der Waals surface area contributed by atoms with Gasteiger partial charge in [0.25, 0.3) is 5.91 Å². The van der Waals surface area contributed by atoms with Gasteiger partial charge in [-0.05, 0) is 36.4 Å². The predicted octanol–water partition coefficient (Wildman–Crippen LogP) is 3.12. The Balaban J connectivity index is 1.61. The van der Waals surface area contributed by atoms with Crippen molar-refractivity contribution in [2.75, 3.05) is 6.54 Å². The largest absolute Gasteiger partial charge is 0.350 e. The number of nitrogens with zero attached hydrogens (tertiary/aromatic N) is 2. The number of rotatable bonds is 4. The highest BCUT2D eigenvalue weighted by Gasteiger charge is 2.05. The summed E-state index contributed by atoms with van der Waals surface area (Å²) in [6.45, 7) is 1.22. The lowest BCUT2D eigenvalue weighted by atomic mass is 10.2. The van der Waals surface area contributed by atoms with E-state index < -0.39 is 0 Å². The summed E-state index contributed by atoms with van der Waals surface area (Å²) in [5, 5.41) is 3.51. The van der Waals surface area contributed by atoms with Gasteiger partial charge < -0.3 is 9.88 Å². The molecule has 21 heavy (non-hydrogen) atoms. The van der Waals surface area contributed by atoms with Crippen molar-refractivity contribution in [3.05, 3.63) is 65.4 Å².